The highest BCUT2D eigenvalue weighted by Gasteiger charge is 2.17. The second-order valence-electron chi connectivity index (χ2n) is 6.02. The third kappa shape index (κ3) is 5.63. The zero-order valence-corrected chi connectivity index (χ0v) is 17.6. The first-order valence-corrected chi connectivity index (χ1v) is 10.7. The van der Waals surface area contributed by atoms with Gasteiger partial charge in [0.1, 0.15) is 11.6 Å². The van der Waals surface area contributed by atoms with Crippen LogP contribution in [0.15, 0.2) is 71.6 Å². The molecule has 0 aliphatic heterocycles. The largest absolute Gasteiger partial charge is 0.482 e. The number of carbonyl (C=O) groups is 1. The van der Waals surface area contributed by atoms with E-state index in [0.29, 0.717) is 5.02 Å². The second-order valence-corrected chi connectivity index (χ2v) is 8.54. The van der Waals surface area contributed by atoms with E-state index in [1.807, 2.05) is 0 Å². The van der Waals surface area contributed by atoms with Gasteiger partial charge in [-0.2, -0.15) is 0 Å². The van der Waals surface area contributed by atoms with Gasteiger partial charge in [-0.3, -0.25) is 9.52 Å². The Morgan fingerprint density at radius 1 is 0.967 bits per heavy atom. The Hall–Kier alpha value is -2.81. The third-order valence-electron chi connectivity index (χ3n) is 3.82. The summed E-state index contributed by atoms with van der Waals surface area (Å²) in [4.78, 5) is 12.1. The molecule has 0 bridgehead atoms. The van der Waals surface area contributed by atoms with Crippen LogP contribution in [0.4, 0.5) is 15.8 Å². The molecule has 10 heteroatoms. The van der Waals surface area contributed by atoms with E-state index in [-0.39, 0.29) is 33.6 Å². The van der Waals surface area contributed by atoms with Crippen LogP contribution < -0.4 is 14.8 Å². The monoisotopic (exact) mass is 468 g/mol. The number of amides is 1. The van der Waals surface area contributed by atoms with Crippen molar-refractivity contribution in [2.75, 3.05) is 16.6 Å². The SMILES string of the molecule is O=C(COc1ccc(Cl)cc1Cl)Nc1ccccc1NS(=O)(=O)c1ccc(F)cc1. The van der Waals surface area contributed by atoms with Gasteiger partial charge in [-0.15, -0.1) is 0 Å². The van der Waals surface area contributed by atoms with Crippen molar-refractivity contribution in [2.24, 2.45) is 0 Å². The number of sulfonamides is 1. The average molecular weight is 469 g/mol. The Kier molecular flexibility index (Phi) is 6.81. The summed E-state index contributed by atoms with van der Waals surface area (Å²) in [5.74, 6) is -0.807. The molecule has 6 nitrogen and oxygen atoms in total. The number of ether oxygens (including phenoxy) is 1. The highest BCUT2D eigenvalue weighted by atomic mass is 35.5. The van der Waals surface area contributed by atoms with Crippen LogP contribution in [0.5, 0.6) is 5.75 Å². The van der Waals surface area contributed by atoms with Crippen molar-refractivity contribution < 1.29 is 22.3 Å². The van der Waals surface area contributed by atoms with Crippen molar-refractivity contribution >= 4 is 50.5 Å². The summed E-state index contributed by atoms with van der Waals surface area (Å²) in [6, 6.07) is 15.2. The molecule has 0 saturated heterocycles. The van der Waals surface area contributed by atoms with E-state index >= 15 is 0 Å². The molecular weight excluding hydrogens is 454 g/mol. The number of anilines is 2. The lowest BCUT2D eigenvalue weighted by Gasteiger charge is -2.14. The molecule has 0 spiro atoms. The number of nitrogens with one attached hydrogen (secondary N) is 2. The van der Waals surface area contributed by atoms with Gasteiger partial charge in [0.15, 0.2) is 6.61 Å². The fraction of sp³-hybridized carbons (Fsp3) is 0.0500. The van der Waals surface area contributed by atoms with Crippen LogP contribution in [0, 0.1) is 5.82 Å². The minimum absolute atomic E-state index is 0.120. The molecule has 0 atom stereocenters. The summed E-state index contributed by atoms with van der Waals surface area (Å²) in [6.45, 7) is -0.361. The predicted octanol–water partition coefficient (Wildman–Crippen LogP) is 4.95. The summed E-state index contributed by atoms with van der Waals surface area (Å²) in [6.07, 6.45) is 0. The number of para-hydroxylation sites is 2. The summed E-state index contributed by atoms with van der Waals surface area (Å²) in [5.41, 5.74) is 0.360. The maximum atomic E-state index is 13.1. The Morgan fingerprint density at radius 2 is 1.63 bits per heavy atom. The van der Waals surface area contributed by atoms with Crippen molar-refractivity contribution in [1.29, 1.82) is 0 Å². The van der Waals surface area contributed by atoms with Gasteiger partial charge in [-0.25, -0.2) is 12.8 Å². The predicted molar refractivity (Wildman–Crippen MR) is 114 cm³/mol. The molecule has 0 aromatic heterocycles. The Labute approximate surface area is 182 Å². The van der Waals surface area contributed by atoms with E-state index in [4.69, 9.17) is 27.9 Å². The van der Waals surface area contributed by atoms with Gasteiger partial charge >= 0.3 is 0 Å². The minimum Gasteiger partial charge on any atom is -0.482 e. The second kappa shape index (κ2) is 9.34. The molecule has 0 fully saturated rings. The highest BCUT2D eigenvalue weighted by Crippen LogP contribution is 2.28. The molecule has 0 aliphatic carbocycles. The Balaban J connectivity index is 1.70. The van der Waals surface area contributed by atoms with Crippen LogP contribution in [0.25, 0.3) is 0 Å². The molecule has 0 radical (unpaired) electrons. The van der Waals surface area contributed by atoms with E-state index in [1.54, 1.807) is 18.2 Å². The Bertz CT molecular complexity index is 1170. The fourth-order valence-electron chi connectivity index (χ4n) is 2.42. The fourth-order valence-corrected chi connectivity index (χ4v) is 3.96. The molecule has 2 N–H and O–H groups in total. The van der Waals surface area contributed by atoms with Crippen LogP contribution in [0.3, 0.4) is 0 Å². The number of benzene rings is 3. The highest BCUT2D eigenvalue weighted by molar-refractivity contribution is 7.92. The van der Waals surface area contributed by atoms with Crippen molar-refractivity contribution in [3.63, 3.8) is 0 Å². The molecule has 0 heterocycles. The molecule has 3 rings (SSSR count). The van der Waals surface area contributed by atoms with E-state index in [2.05, 4.69) is 10.0 Å². The van der Waals surface area contributed by atoms with E-state index < -0.39 is 21.7 Å². The van der Waals surface area contributed by atoms with Crippen LogP contribution in [-0.2, 0) is 14.8 Å². The van der Waals surface area contributed by atoms with E-state index in [0.717, 1.165) is 24.3 Å². The number of hydrogen-bond acceptors (Lipinski definition) is 4. The first-order valence-electron chi connectivity index (χ1n) is 8.50. The molecule has 0 saturated carbocycles. The van der Waals surface area contributed by atoms with Crippen LogP contribution >= 0.6 is 23.2 Å². The number of carbonyl (C=O) groups excluding carboxylic acids is 1. The van der Waals surface area contributed by atoms with Gasteiger partial charge in [0.2, 0.25) is 0 Å². The van der Waals surface area contributed by atoms with Gasteiger partial charge in [-0.05, 0) is 54.6 Å². The number of rotatable bonds is 7. The third-order valence-corrected chi connectivity index (χ3v) is 5.73. The van der Waals surface area contributed by atoms with Crippen LogP contribution in [0.1, 0.15) is 0 Å². The quantitative estimate of drug-likeness (QED) is 0.513. The smallest absolute Gasteiger partial charge is 0.262 e. The maximum absolute atomic E-state index is 13.1. The zero-order chi connectivity index (χ0) is 21.7. The maximum Gasteiger partial charge on any atom is 0.262 e. The molecule has 1 amide bonds. The Morgan fingerprint density at radius 3 is 2.30 bits per heavy atom. The lowest BCUT2D eigenvalue weighted by Crippen LogP contribution is -2.22. The zero-order valence-electron chi connectivity index (χ0n) is 15.2. The number of hydrogen-bond donors (Lipinski definition) is 2. The molecule has 3 aromatic carbocycles. The molecular formula is C20H15Cl2FN2O4S. The average Bonchev–Trinajstić information content (AvgIpc) is 2.69. The summed E-state index contributed by atoms with van der Waals surface area (Å²) in [5, 5.41) is 3.26. The first-order chi connectivity index (χ1) is 14.2. The minimum atomic E-state index is -3.98. The van der Waals surface area contributed by atoms with Crippen molar-refractivity contribution in [1.82, 2.24) is 0 Å². The summed E-state index contributed by atoms with van der Waals surface area (Å²) < 4.78 is 45.9. The summed E-state index contributed by atoms with van der Waals surface area (Å²) in [7, 11) is -3.98. The normalized spacial score (nSPS) is 11.0. The van der Waals surface area contributed by atoms with Gasteiger partial charge in [0.05, 0.1) is 21.3 Å². The van der Waals surface area contributed by atoms with Gasteiger partial charge in [-0.1, -0.05) is 35.3 Å². The topological polar surface area (TPSA) is 84.5 Å². The van der Waals surface area contributed by atoms with Crippen LogP contribution in [-0.4, -0.2) is 20.9 Å². The van der Waals surface area contributed by atoms with Gasteiger partial charge < -0.3 is 10.1 Å². The van der Waals surface area contributed by atoms with E-state index in [1.165, 1.54) is 24.3 Å². The van der Waals surface area contributed by atoms with Gasteiger partial charge in [0.25, 0.3) is 15.9 Å². The van der Waals surface area contributed by atoms with Crippen molar-refractivity contribution in [3.05, 3.63) is 82.6 Å². The number of halogens is 3. The van der Waals surface area contributed by atoms with Crippen molar-refractivity contribution in [2.45, 2.75) is 4.90 Å². The first kappa shape index (κ1) is 21.9. The van der Waals surface area contributed by atoms with Crippen LogP contribution in [0.2, 0.25) is 10.0 Å². The molecule has 156 valence electrons. The standard InChI is InChI=1S/C20H15Cl2FN2O4S/c21-13-5-10-19(16(22)11-13)29-12-20(26)24-17-3-1-2-4-18(17)25-30(27,28)15-8-6-14(23)7-9-15/h1-11,25H,12H2,(H,24,26). The van der Waals surface area contributed by atoms with Gasteiger partial charge in [0, 0.05) is 5.02 Å². The molecule has 30 heavy (non-hydrogen) atoms. The lowest BCUT2D eigenvalue weighted by molar-refractivity contribution is -0.118. The summed E-state index contributed by atoms with van der Waals surface area (Å²) >= 11 is 11.8. The van der Waals surface area contributed by atoms with E-state index in [9.17, 15) is 17.6 Å². The molecule has 0 aliphatic rings. The lowest BCUT2D eigenvalue weighted by atomic mass is 10.2. The molecule has 3 aromatic rings. The van der Waals surface area contributed by atoms with Crippen molar-refractivity contribution in [3.8, 4) is 5.75 Å². The molecule has 0 unspecified atom stereocenters.